The number of carbonyl (C=O) groups is 1. The molecule has 11 heavy (non-hydrogen) atoms. The Morgan fingerprint density at radius 2 is 2.27 bits per heavy atom. The van der Waals surface area contributed by atoms with Gasteiger partial charge in [0.2, 0.25) is 0 Å². The average molecular weight is 151 g/mol. The minimum Gasteiger partial charge on any atom is -0.478 e. The lowest BCUT2D eigenvalue weighted by atomic mass is 10.1. The number of aromatic carboxylic acids is 1. The van der Waals surface area contributed by atoms with Gasteiger partial charge in [-0.2, -0.15) is 0 Å². The molecule has 0 saturated heterocycles. The van der Waals surface area contributed by atoms with E-state index in [2.05, 4.69) is 0 Å². The van der Waals surface area contributed by atoms with Crippen molar-refractivity contribution in [2.75, 3.05) is 0 Å². The maximum Gasteiger partial charge on any atom is 0.335 e. The fraction of sp³-hybridized carbons (Fsp3) is 0. The highest BCUT2D eigenvalue weighted by atomic mass is 16.4. The summed E-state index contributed by atoms with van der Waals surface area (Å²) >= 11 is 0. The molecule has 0 aromatic heterocycles. The van der Waals surface area contributed by atoms with Gasteiger partial charge in [0.1, 0.15) is 0 Å². The van der Waals surface area contributed by atoms with Crippen LogP contribution in [0, 0.1) is 0 Å². The molecule has 0 atom stereocenters. The summed E-state index contributed by atoms with van der Waals surface area (Å²) in [6, 6.07) is 5.29. The number of hydrogen-bond donors (Lipinski definition) is 1. The summed E-state index contributed by atoms with van der Waals surface area (Å²) in [4.78, 5) is 10.5. The molecule has 0 unspecified atom stereocenters. The third-order valence-electron chi connectivity index (χ3n) is 1.28. The normalized spacial score (nSPS) is 12.5. The molecule has 1 aromatic rings. The van der Waals surface area contributed by atoms with Gasteiger partial charge in [-0.3, -0.25) is 0 Å². The van der Waals surface area contributed by atoms with E-state index >= 15 is 0 Å². The summed E-state index contributed by atoms with van der Waals surface area (Å²) in [6.45, 7) is -0.590. The van der Waals surface area contributed by atoms with E-state index in [1.165, 1.54) is 24.3 Å². The van der Waals surface area contributed by atoms with Gasteiger partial charge < -0.3 is 5.11 Å². The molecule has 0 heterocycles. The van der Waals surface area contributed by atoms with Gasteiger partial charge in [0, 0.05) is 0 Å². The van der Waals surface area contributed by atoms with Crippen molar-refractivity contribution in [1.29, 1.82) is 0 Å². The zero-order chi connectivity index (χ0) is 10.7. The second-order valence-electron chi connectivity index (χ2n) is 2.01. The molecular weight excluding hydrogens is 140 g/mol. The van der Waals surface area contributed by atoms with Crippen LogP contribution < -0.4 is 0 Å². The number of rotatable bonds is 2. The maximum absolute atomic E-state index is 10.5. The summed E-state index contributed by atoms with van der Waals surface area (Å²) in [6.07, 6.45) is 0. The fourth-order valence-corrected chi connectivity index (χ4v) is 0.696. The first-order valence-electron chi connectivity index (χ1n) is 4.50. The van der Waals surface area contributed by atoms with Crippen molar-refractivity contribution < 1.29 is 14.0 Å². The number of benzene rings is 1. The average Bonchev–Trinajstić information content (AvgIpc) is 2.16. The van der Waals surface area contributed by atoms with Gasteiger partial charge in [-0.05, 0) is 17.7 Å². The monoisotopic (exact) mass is 151 g/mol. The Balaban J connectivity index is 3.06. The summed E-state index contributed by atoms with van der Waals surface area (Å²) in [5.74, 6) is -1.04. The molecule has 1 aromatic carbocycles. The molecule has 1 N–H and O–H groups in total. The van der Waals surface area contributed by atoms with Gasteiger partial charge in [-0.25, -0.2) is 4.79 Å². The summed E-state index contributed by atoms with van der Waals surface area (Å²) < 4.78 is 21.1. The Kier molecular flexibility index (Phi) is 1.19. The molecule has 0 bridgehead atoms. The van der Waals surface area contributed by atoms with E-state index in [1.54, 1.807) is 0 Å². The van der Waals surface area contributed by atoms with Gasteiger partial charge in [-0.1, -0.05) is 24.7 Å². The highest BCUT2D eigenvalue weighted by molar-refractivity contribution is 5.87. The van der Waals surface area contributed by atoms with Gasteiger partial charge in [0.25, 0.3) is 0 Å². The van der Waals surface area contributed by atoms with Crippen LogP contribution in [0.15, 0.2) is 30.8 Å². The van der Waals surface area contributed by atoms with Gasteiger partial charge in [0.15, 0.2) is 0 Å². The van der Waals surface area contributed by atoms with Crippen molar-refractivity contribution in [3.63, 3.8) is 0 Å². The Bertz CT molecular complexity index is 378. The molecule has 56 valence electrons. The van der Waals surface area contributed by atoms with Crippen LogP contribution >= 0.6 is 0 Å². The minimum atomic E-state index is -1.04. The van der Waals surface area contributed by atoms with Gasteiger partial charge in [0.05, 0.1) is 9.68 Å². The van der Waals surface area contributed by atoms with Crippen molar-refractivity contribution in [1.82, 2.24) is 0 Å². The van der Waals surface area contributed by atoms with E-state index in [4.69, 9.17) is 9.22 Å². The van der Waals surface area contributed by atoms with Crippen molar-refractivity contribution in [2.24, 2.45) is 0 Å². The largest absolute Gasteiger partial charge is 0.478 e. The van der Waals surface area contributed by atoms with Crippen molar-refractivity contribution in [3.8, 4) is 0 Å². The smallest absolute Gasteiger partial charge is 0.335 e. The molecule has 0 fully saturated rings. The minimum absolute atomic E-state index is 0.123. The molecule has 0 saturated carbocycles. The lowest BCUT2D eigenvalue weighted by Crippen LogP contribution is -1.94. The van der Waals surface area contributed by atoms with Crippen molar-refractivity contribution in [3.05, 3.63) is 41.9 Å². The quantitative estimate of drug-likeness (QED) is 0.702. The second-order valence-corrected chi connectivity index (χ2v) is 2.01. The summed E-state index contributed by atoms with van der Waals surface area (Å²) in [7, 11) is 0. The van der Waals surface area contributed by atoms with E-state index in [0.29, 0.717) is 5.56 Å². The Hall–Kier alpha value is -1.57. The van der Waals surface area contributed by atoms with Gasteiger partial charge in [-0.15, -0.1) is 0 Å². The zero-order valence-corrected chi connectivity index (χ0v) is 5.66. The van der Waals surface area contributed by atoms with E-state index in [0.717, 1.165) is 0 Å². The molecule has 1 rings (SSSR count). The number of hydrogen-bond acceptors (Lipinski definition) is 1. The third-order valence-corrected chi connectivity index (χ3v) is 1.28. The summed E-state index contributed by atoms with van der Waals surface area (Å²) in [5, 5.41) is 8.59. The molecule has 0 radical (unpaired) electrons. The van der Waals surface area contributed by atoms with Crippen LogP contribution in [0.1, 0.15) is 20.0 Å². The molecular formula is C9H8O2. The predicted octanol–water partition coefficient (Wildman–Crippen LogP) is 2.03. The van der Waals surface area contributed by atoms with E-state index in [-0.39, 0.29) is 11.6 Å². The first kappa shape index (κ1) is 4.34. The second kappa shape index (κ2) is 3.01. The Morgan fingerprint density at radius 3 is 2.73 bits per heavy atom. The number of carboxylic acids is 1. The van der Waals surface area contributed by atoms with Crippen LogP contribution in [-0.4, -0.2) is 11.1 Å². The van der Waals surface area contributed by atoms with Crippen LogP contribution in [0.2, 0.25) is 0 Å². The van der Waals surface area contributed by atoms with Crippen LogP contribution in [-0.2, 0) is 0 Å². The van der Waals surface area contributed by atoms with Crippen molar-refractivity contribution >= 4 is 12.0 Å². The molecule has 0 spiro atoms. The zero-order valence-electron chi connectivity index (χ0n) is 8.66. The standard InChI is InChI=1S/C9H8O2/c1-2-7-3-5-8(6-4-7)9(10)11/h2-6H,1H2,(H,10,11)/i1D2,2D. The van der Waals surface area contributed by atoms with Crippen LogP contribution in [0.5, 0.6) is 0 Å². The first-order chi connectivity index (χ1) is 6.52. The molecule has 2 heteroatoms. The molecule has 0 amide bonds. The number of carboxylic acid groups (broad SMARTS) is 1. The Labute approximate surface area is 69.0 Å². The third kappa shape index (κ3) is 1.67. The highest BCUT2D eigenvalue weighted by Crippen LogP contribution is 2.04. The predicted molar refractivity (Wildman–Crippen MR) is 43.5 cm³/mol. The molecule has 0 aliphatic carbocycles. The first-order valence-corrected chi connectivity index (χ1v) is 3.00. The molecule has 2 nitrogen and oxygen atoms in total. The van der Waals surface area contributed by atoms with Crippen molar-refractivity contribution in [2.45, 2.75) is 0 Å². The van der Waals surface area contributed by atoms with Crippen LogP contribution in [0.4, 0.5) is 0 Å². The van der Waals surface area contributed by atoms with E-state index in [9.17, 15) is 4.79 Å². The van der Waals surface area contributed by atoms with E-state index in [1.807, 2.05) is 0 Å². The summed E-state index contributed by atoms with van der Waals surface area (Å²) in [5.41, 5.74) is 0.494. The fourth-order valence-electron chi connectivity index (χ4n) is 0.696. The van der Waals surface area contributed by atoms with Gasteiger partial charge >= 0.3 is 5.97 Å². The maximum atomic E-state index is 10.5. The molecule has 0 aliphatic heterocycles. The van der Waals surface area contributed by atoms with E-state index < -0.39 is 12.5 Å². The lowest BCUT2D eigenvalue weighted by Gasteiger charge is -1.93. The van der Waals surface area contributed by atoms with Crippen LogP contribution in [0.25, 0.3) is 6.05 Å². The SMILES string of the molecule is [2H]C([2H])=C([2H])c1ccc(C(=O)O)cc1. The molecule has 0 aliphatic rings. The van der Waals surface area contributed by atoms with Crippen LogP contribution in [0.3, 0.4) is 0 Å². The Morgan fingerprint density at radius 1 is 1.64 bits per heavy atom. The lowest BCUT2D eigenvalue weighted by molar-refractivity contribution is 0.0697. The topological polar surface area (TPSA) is 37.3 Å². The highest BCUT2D eigenvalue weighted by Gasteiger charge is 1.99.